The molecule has 0 radical (unpaired) electrons. The quantitative estimate of drug-likeness (QED) is 0.630. The van der Waals surface area contributed by atoms with Crippen molar-refractivity contribution in [3.8, 4) is 11.5 Å². The van der Waals surface area contributed by atoms with Gasteiger partial charge in [0.1, 0.15) is 0 Å². The summed E-state index contributed by atoms with van der Waals surface area (Å²) in [5.41, 5.74) is 12.3. The van der Waals surface area contributed by atoms with E-state index in [0.29, 0.717) is 17.1 Å². The van der Waals surface area contributed by atoms with Crippen LogP contribution in [-0.4, -0.2) is 10.1 Å². The van der Waals surface area contributed by atoms with Crippen LogP contribution in [0.3, 0.4) is 0 Å². The lowest BCUT2D eigenvalue weighted by Crippen LogP contribution is -1.90. The number of anilines is 2. The van der Waals surface area contributed by atoms with Crippen molar-refractivity contribution >= 4 is 11.6 Å². The molecule has 2 aromatic rings. The third-order valence-electron chi connectivity index (χ3n) is 1.63. The molecule has 0 atom stereocenters. The first kappa shape index (κ1) is 7.60. The molecular weight excluding hydrogens is 168 g/mol. The molecule has 66 valence electrons. The minimum Gasteiger partial charge on any atom is -0.398 e. The largest absolute Gasteiger partial charge is 0.398 e. The highest BCUT2D eigenvalue weighted by molar-refractivity contribution is 5.70. The molecule has 13 heavy (non-hydrogen) atoms. The fourth-order valence-electron chi connectivity index (χ4n) is 1.04. The third kappa shape index (κ3) is 1.31. The van der Waals surface area contributed by atoms with Crippen LogP contribution in [0.4, 0.5) is 11.6 Å². The van der Waals surface area contributed by atoms with E-state index in [0.717, 1.165) is 0 Å². The number of nitrogens with two attached hydrogens (primary N) is 2. The Morgan fingerprint density at radius 3 is 2.54 bits per heavy atom. The Kier molecular flexibility index (Phi) is 1.63. The van der Waals surface area contributed by atoms with E-state index in [1.807, 2.05) is 12.1 Å². The Morgan fingerprint density at radius 2 is 1.92 bits per heavy atom. The Bertz CT molecular complexity index is 424. The lowest BCUT2D eigenvalue weighted by atomic mass is 10.2. The number of aromatic nitrogens is 2. The lowest BCUT2D eigenvalue weighted by Gasteiger charge is -1.97. The highest BCUT2D eigenvalue weighted by Crippen LogP contribution is 2.23. The molecule has 5 nitrogen and oxygen atoms in total. The van der Waals surface area contributed by atoms with E-state index >= 15 is 0 Å². The van der Waals surface area contributed by atoms with Gasteiger partial charge in [-0.25, -0.2) is 0 Å². The maximum atomic E-state index is 5.69. The van der Waals surface area contributed by atoms with Crippen molar-refractivity contribution < 1.29 is 4.52 Å². The summed E-state index contributed by atoms with van der Waals surface area (Å²) in [5, 5.41) is 3.47. The highest BCUT2D eigenvalue weighted by atomic mass is 16.5. The van der Waals surface area contributed by atoms with Crippen molar-refractivity contribution in [3.63, 3.8) is 0 Å². The van der Waals surface area contributed by atoms with Crippen molar-refractivity contribution in [3.05, 3.63) is 24.3 Å². The van der Waals surface area contributed by atoms with Gasteiger partial charge in [0, 0.05) is 5.69 Å². The predicted octanol–water partition coefficient (Wildman–Crippen LogP) is 0.901. The van der Waals surface area contributed by atoms with Gasteiger partial charge in [0.2, 0.25) is 0 Å². The van der Waals surface area contributed by atoms with E-state index in [1.54, 1.807) is 12.1 Å². The molecule has 0 fully saturated rings. The molecular formula is C8H8N4O. The van der Waals surface area contributed by atoms with Gasteiger partial charge in [0.05, 0.1) is 5.56 Å². The van der Waals surface area contributed by atoms with Crippen LogP contribution in [0, 0.1) is 0 Å². The molecule has 0 unspecified atom stereocenters. The van der Waals surface area contributed by atoms with Crippen molar-refractivity contribution in [2.45, 2.75) is 0 Å². The summed E-state index contributed by atoms with van der Waals surface area (Å²) in [6.45, 7) is 0. The summed E-state index contributed by atoms with van der Waals surface area (Å²) >= 11 is 0. The second kappa shape index (κ2) is 2.78. The number of hydrogen-bond donors (Lipinski definition) is 2. The Hall–Kier alpha value is -2.04. The molecule has 0 amide bonds. The summed E-state index contributed by atoms with van der Waals surface area (Å²) in [4.78, 5) is 3.86. The van der Waals surface area contributed by atoms with Crippen molar-refractivity contribution in [2.75, 3.05) is 11.5 Å². The average Bonchev–Trinajstić information content (AvgIpc) is 2.53. The summed E-state index contributed by atoms with van der Waals surface area (Å²) < 4.78 is 4.87. The number of nitrogens with zero attached hydrogens (tertiary/aromatic N) is 2. The summed E-state index contributed by atoms with van der Waals surface area (Å²) in [6, 6.07) is 7.22. The first-order chi connectivity index (χ1) is 6.27. The zero-order valence-corrected chi connectivity index (χ0v) is 6.77. The van der Waals surface area contributed by atoms with Crippen LogP contribution in [0.5, 0.6) is 0 Å². The van der Waals surface area contributed by atoms with Crippen LogP contribution >= 0.6 is 0 Å². The van der Waals surface area contributed by atoms with Crippen molar-refractivity contribution in [2.24, 2.45) is 0 Å². The number of benzene rings is 1. The molecule has 0 aliphatic heterocycles. The normalized spacial score (nSPS) is 10.2. The number of para-hydroxylation sites is 1. The van der Waals surface area contributed by atoms with Crippen LogP contribution in [0.2, 0.25) is 0 Å². The monoisotopic (exact) mass is 176 g/mol. The molecule has 1 aromatic heterocycles. The van der Waals surface area contributed by atoms with Crippen LogP contribution < -0.4 is 11.5 Å². The molecule has 2 rings (SSSR count). The topological polar surface area (TPSA) is 91.0 Å². The first-order valence-electron chi connectivity index (χ1n) is 3.71. The Labute approximate surface area is 74.4 Å². The van der Waals surface area contributed by atoms with E-state index < -0.39 is 0 Å². The minimum absolute atomic E-state index is 0.109. The van der Waals surface area contributed by atoms with E-state index in [1.165, 1.54) is 0 Å². The maximum absolute atomic E-state index is 5.69. The minimum atomic E-state index is 0.109. The average molecular weight is 176 g/mol. The Morgan fingerprint density at radius 1 is 1.15 bits per heavy atom. The van der Waals surface area contributed by atoms with Gasteiger partial charge < -0.3 is 16.0 Å². The molecule has 0 saturated heterocycles. The molecule has 0 spiro atoms. The van der Waals surface area contributed by atoms with E-state index in [4.69, 9.17) is 16.0 Å². The number of hydrogen-bond acceptors (Lipinski definition) is 5. The molecule has 0 saturated carbocycles. The second-order valence-electron chi connectivity index (χ2n) is 2.54. The molecule has 0 aliphatic carbocycles. The Balaban J connectivity index is 2.52. The van der Waals surface area contributed by atoms with Gasteiger partial charge in [0.25, 0.3) is 11.8 Å². The third-order valence-corrected chi connectivity index (χ3v) is 1.63. The molecule has 4 N–H and O–H groups in total. The molecule has 0 bridgehead atoms. The summed E-state index contributed by atoms with van der Waals surface area (Å²) in [5.74, 6) is 0.453. The SMILES string of the molecule is Nc1noc(-c2ccccc2N)n1. The maximum Gasteiger partial charge on any atom is 0.261 e. The van der Waals surface area contributed by atoms with Gasteiger partial charge in [-0.2, -0.15) is 4.98 Å². The lowest BCUT2D eigenvalue weighted by molar-refractivity contribution is 0.433. The predicted molar refractivity (Wildman–Crippen MR) is 48.6 cm³/mol. The van der Waals surface area contributed by atoms with Gasteiger partial charge in [-0.05, 0) is 17.3 Å². The van der Waals surface area contributed by atoms with Crippen LogP contribution in [0.15, 0.2) is 28.8 Å². The van der Waals surface area contributed by atoms with Gasteiger partial charge in [-0.15, -0.1) is 0 Å². The fourth-order valence-corrected chi connectivity index (χ4v) is 1.04. The molecule has 0 aliphatic rings. The molecule has 1 heterocycles. The van der Waals surface area contributed by atoms with Crippen LogP contribution in [0.25, 0.3) is 11.5 Å². The van der Waals surface area contributed by atoms with Crippen LogP contribution in [0.1, 0.15) is 0 Å². The zero-order valence-electron chi connectivity index (χ0n) is 6.77. The molecule has 1 aromatic carbocycles. The standard InChI is InChI=1S/C8H8N4O/c9-6-4-2-1-3-5(6)7-11-8(10)12-13-7/h1-4H,9H2,(H2,10,12). The van der Waals surface area contributed by atoms with Gasteiger partial charge in [-0.1, -0.05) is 12.1 Å². The van der Waals surface area contributed by atoms with E-state index in [-0.39, 0.29) is 5.95 Å². The van der Waals surface area contributed by atoms with Crippen molar-refractivity contribution in [1.29, 1.82) is 0 Å². The van der Waals surface area contributed by atoms with Crippen molar-refractivity contribution in [1.82, 2.24) is 10.1 Å². The van der Waals surface area contributed by atoms with Gasteiger partial charge in [-0.3, -0.25) is 0 Å². The summed E-state index contributed by atoms with van der Waals surface area (Å²) in [7, 11) is 0. The van der Waals surface area contributed by atoms with E-state index in [9.17, 15) is 0 Å². The number of rotatable bonds is 1. The van der Waals surface area contributed by atoms with Gasteiger partial charge in [0.15, 0.2) is 0 Å². The molecule has 5 heteroatoms. The van der Waals surface area contributed by atoms with Crippen LogP contribution in [-0.2, 0) is 0 Å². The zero-order chi connectivity index (χ0) is 9.26. The van der Waals surface area contributed by atoms with Gasteiger partial charge >= 0.3 is 0 Å². The van der Waals surface area contributed by atoms with E-state index in [2.05, 4.69) is 10.1 Å². The highest BCUT2D eigenvalue weighted by Gasteiger charge is 2.08. The number of nitrogen functional groups attached to an aromatic ring is 2. The second-order valence-corrected chi connectivity index (χ2v) is 2.54. The smallest absolute Gasteiger partial charge is 0.261 e. The fraction of sp³-hybridized carbons (Fsp3) is 0. The first-order valence-corrected chi connectivity index (χ1v) is 3.71. The summed E-state index contributed by atoms with van der Waals surface area (Å²) in [6.07, 6.45) is 0.